The summed E-state index contributed by atoms with van der Waals surface area (Å²) in [6, 6.07) is 19.3. The fourth-order valence-electron chi connectivity index (χ4n) is 4.30. The van der Waals surface area contributed by atoms with Crippen LogP contribution in [-0.4, -0.2) is 18.0 Å². The Hall–Kier alpha value is -2.84. The minimum atomic E-state index is 0.0351. The minimum absolute atomic E-state index is 0.0351. The number of hydrogen-bond acceptors (Lipinski definition) is 4. The monoisotopic (exact) mass is 485 g/mol. The highest BCUT2D eigenvalue weighted by Gasteiger charge is 2.23. The summed E-state index contributed by atoms with van der Waals surface area (Å²) in [6.07, 6.45) is 7.82. The molecule has 0 radical (unpaired) electrons. The third kappa shape index (κ3) is 7.83. The van der Waals surface area contributed by atoms with E-state index in [-0.39, 0.29) is 5.41 Å². The van der Waals surface area contributed by atoms with Crippen molar-refractivity contribution in [2.75, 3.05) is 13.1 Å². The highest BCUT2D eigenvalue weighted by Crippen LogP contribution is 2.32. The van der Waals surface area contributed by atoms with E-state index in [1.165, 1.54) is 29.5 Å². The van der Waals surface area contributed by atoms with Crippen LogP contribution < -0.4 is 4.89 Å². The van der Waals surface area contributed by atoms with Gasteiger partial charge in [-0.15, -0.1) is 0 Å². The van der Waals surface area contributed by atoms with Gasteiger partial charge in [0.1, 0.15) is 6.61 Å². The minimum Gasteiger partial charge on any atom is -0.337 e. The van der Waals surface area contributed by atoms with Gasteiger partial charge in [0, 0.05) is 18.0 Å². The molecule has 0 amide bonds. The lowest BCUT2D eigenvalue weighted by Crippen LogP contribution is -2.33. The second kappa shape index (κ2) is 12.2. The fourth-order valence-corrected chi connectivity index (χ4v) is 4.97. The van der Waals surface area contributed by atoms with Crippen LogP contribution in [0.4, 0.5) is 0 Å². The van der Waals surface area contributed by atoms with Gasteiger partial charge in [-0.1, -0.05) is 54.7 Å². The predicted octanol–water partition coefficient (Wildman–Crippen LogP) is 8.06. The lowest BCUT2D eigenvalue weighted by molar-refractivity contribution is -0.217. The first kappa shape index (κ1) is 25.3. The molecule has 0 saturated carbocycles. The molecule has 1 aliphatic heterocycles. The van der Waals surface area contributed by atoms with Crippen LogP contribution in [0.15, 0.2) is 77.5 Å². The third-order valence-electron chi connectivity index (χ3n) is 6.01. The van der Waals surface area contributed by atoms with Crippen LogP contribution in [0.1, 0.15) is 57.2 Å². The van der Waals surface area contributed by atoms with E-state index >= 15 is 0 Å². The highest BCUT2D eigenvalue weighted by molar-refractivity contribution is 7.08. The van der Waals surface area contributed by atoms with Crippen LogP contribution >= 0.6 is 11.3 Å². The molecular weight excluding hydrogens is 450 g/mol. The molecule has 182 valence electrons. The fraction of sp³-hybridized carbons (Fsp3) is 0.355. The van der Waals surface area contributed by atoms with Crippen molar-refractivity contribution < 1.29 is 9.78 Å². The normalized spacial score (nSPS) is 16.7. The molecule has 0 aliphatic carbocycles. The molecule has 4 heteroatoms. The van der Waals surface area contributed by atoms with Crippen molar-refractivity contribution in [3.8, 4) is 28.7 Å². The first-order valence-electron chi connectivity index (χ1n) is 12.4. The Morgan fingerprint density at radius 2 is 1.94 bits per heavy atom. The maximum absolute atomic E-state index is 5.70. The van der Waals surface area contributed by atoms with E-state index < -0.39 is 0 Å². The summed E-state index contributed by atoms with van der Waals surface area (Å²) in [7, 11) is 0. The van der Waals surface area contributed by atoms with E-state index in [2.05, 4.69) is 103 Å². The maximum atomic E-state index is 5.70. The van der Waals surface area contributed by atoms with Gasteiger partial charge >= 0.3 is 0 Å². The number of likely N-dealkylation sites (tertiary alicyclic amines) is 1. The molecule has 0 bridgehead atoms. The van der Waals surface area contributed by atoms with Gasteiger partial charge in [0.25, 0.3) is 0 Å². The van der Waals surface area contributed by atoms with Crippen LogP contribution in [0, 0.1) is 17.3 Å². The van der Waals surface area contributed by atoms with E-state index in [9.17, 15) is 0 Å². The second-order valence-corrected chi connectivity index (χ2v) is 10.8. The zero-order valence-electron chi connectivity index (χ0n) is 21.0. The molecule has 0 N–H and O–H groups in total. The largest absolute Gasteiger partial charge is 0.337 e. The lowest BCUT2D eigenvalue weighted by atomic mass is 9.95. The molecule has 2 heterocycles. The van der Waals surface area contributed by atoms with Crippen LogP contribution in [0.5, 0.6) is 5.75 Å². The number of allylic oxidation sites excluding steroid dienone is 1. The highest BCUT2D eigenvalue weighted by atomic mass is 32.1. The summed E-state index contributed by atoms with van der Waals surface area (Å²) < 4.78 is 0. The molecule has 0 spiro atoms. The van der Waals surface area contributed by atoms with Crippen molar-refractivity contribution in [3.05, 3.63) is 88.6 Å². The molecule has 2 aromatic carbocycles. The Kier molecular flexibility index (Phi) is 8.82. The third-order valence-corrected chi connectivity index (χ3v) is 6.69. The number of piperidine rings is 1. The standard InChI is InChI=1S/C31H35NO2S/c1-31(2,3)17-6-4-7-18-32-19-8-5-15-30(32)27-13-10-14-29(22-27)34-33-23-25-11-9-12-26(21-25)28-16-20-35-24-28/h4,7,9-14,16,20-22,24,30H,5,8,15,18-19,23H2,1-3H3/b7-4+. The quantitative estimate of drug-likeness (QED) is 0.183. The smallest absolute Gasteiger partial charge is 0.165 e. The van der Waals surface area contributed by atoms with Crippen molar-refractivity contribution >= 4 is 11.3 Å². The summed E-state index contributed by atoms with van der Waals surface area (Å²) in [5.74, 6) is 7.19. The van der Waals surface area contributed by atoms with Crippen molar-refractivity contribution in [1.82, 2.24) is 4.90 Å². The SMILES string of the molecule is CC(C)(C)C#C/C=C/CN1CCCCC1c1cccc(OOCc2cccc(-c3ccsc3)c2)c1. The summed E-state index contributed by atoms with van der Waals surface area (Å²) >= 11 is 1.71. The zero-order valence-corrected chi connectivity index (χ0v) is 21.8. The summed E-state index contributed by atoms with van der Waals surface area (Å²) in [4.78, 5) is 13.9. The van der Waals surface area contributed by atoms with Crippen LogP contribution in [0.3, 0.4) is 0 Å². The molecule has 1 atom stereocenters. The van der Waals surface area contributed by atoms with Gasteiger partial charge in [-0.2, -0.15) is 16.2 Å². The molecule has 1 aliphatic rings. The lowest BCUT2D eigenvalue weighted by Gasteiger charge is -2.35. The molecule has 3 nitrogen and oxygen atoms in total. The maximum Gasteiger partial charge on any atom is 0.165 e. The van der Waals surface area contributed by atoms with Crippen LogP contribution in [-0.2, 0) is 11.5 Å². The van der Waals surface area contributed by atoms with Gasteiger partial charge in [0.05, 0.1) is 0 Å². The first-order valence-corrected chi connectivity index (χ1v) is 13.3. The molecule has 4 rings (SSSR count). The summed E-state index contributed by atoms with van der Waals surface area (Å²) in [6.45, 7) is 8.81. The van der Waals surface area contributed by atoms with Crippen LogP contribution in [0.2, 0.25) is 0 Å². The van der Waals surface area contributed by atoms with Gasteiger partial charge in [-0.25, -0.2) is 0 Å². The summed E-state index contributed by atoms with van der Waals surface area (Å²) in [5, 5.41) is 4.26. The Labute approximate surface area is 214 Å². The van der Waals surface area contributed by atoms with Gasteiger partial charge in [-0.05, 0) is 104 Å². The number of rotatable bonds is 8. The molecule has 1 fully saturated rings. The Morgan fingerprint density at radius 1 is 1.06 bits per heavy atom. The van der Waals surface area contributed by atoms with E-state index in [4.69, 9.17) is 9.78 Å². The van der Waals surface area contributed by atoms with Crippen molar-refractivity contribution in [3.63, 3.8) is 0 Å². The average molecular weight is 486 g/mol. The van der Waals surface area contributed by atoms with E-state index in [0.29, 0.717) is 12.6 Å². The Balaban J connectivity index is 1.34. The molecule has 1 saturated heterocycles. The zero-order chi connectivity index (χ0) is 24.5. The van der Waals surface area contributed by atoms with E-state index in [0.717, 1.165) is 30.8 Å². The molecule has 35 heavy (non-hydrogen) atoms. The topological polar surface area (TPSA) is 21.7 Å². The van der Waals surface area contributed by atoms with Crippen molar-refractivity contribution in [1.29, 1.82) is 0 Å². The van der Waals surface area contributed by atoms with Gasteiger partial charge < -0.3 is 4.89 Å². The van der Waals surface area contributed by atoms with Gasteiger partial charge in [0.15, 0.2) is 5.75 Å². The Bertz CT molecular complexity index is 1160. The summed E-state index contributed by atoms with van der Waals surface area (Å²) in [5.41, 5.74) is 4.83. The van der Waals surface area contributed by atoms with E-state index in [1.807, 2.05) is 12.1 Å². The number of benzene rings is 2. The van der Waals surface area contributed by atoms with E-state index in [1.54, 1.807) is 11.3 Å². The molecule has 1 unspecified atom stereocenters. The predicted molar refractivity (Wildman–Crippen MR) is 146 cm³/mol. The number of thiophene rings is 1. The molecular formula is C31H35NO2S. The number of nitrogens with zero attached hydrogens (tertiary/aromatic N) is 1. The second-order valence-electron chi connectivity index (χ2n) is 10.1. The molecule has 3 aromatic rings. The van der Waals surface area contributed by atoms with Crippen molar-refractivity contribution in [2.24, 2.45) is 5.41 Å². The first-order chi connectivity index (χ1) is 17.0. The van der Waals surface area contributed by atoms with Crippen LogP contribution in [0.25, 0.3) is 11.1 Å². The number of hydrogen-bond donors (Lipinski definition) is 0. The van der Waals surface area contributed by atoms with Gasteiger partial charge in [0.2, 0.25) is 0 Å². The Morgan fingerprint density at radius 3 is 2.77 bits per heavy atom. The van der Waals surface area contributed by atoms with Gasteiger partial charge in [-0.3, -0.25) is 4.90 Å². The average Bonchev–Trinajstić information content (AvgIpc) is 3.39. The van der Waals surface area contributed by atoms with Crippen molar-refractivity contribution in [2.45, 2.75) is 52.7 Å². The molecule has 1 aromatic heterocycles.